The van der Waals surface area contributed by atoms with Gasteiger partial charge in [-0.15, -0.1) is 11.3 Å². The number of anilines is 1. The van der Waals surface area contributed by atoms with Crippen LogP contribution in [0.5, 0.6) is 11.5 Å². The van der Waals surface area contributed by atoms with Crippen molar-refractivity contribution in [1.82, 2.24) is 14.1 Å². The molecule has 0 radical (unpaired) electrons. The highest BCUT2D eigenvalue weighted by molar-refractivity contribution is 7.14. The minimum absolute atomic E-state index is 0.293. The van der Waals surface area contributed by atoms with Crippen molar-refractivity contribution in [1.29, 1.82) is 0 Å². The van der Waals surface area contributed by atoms with Gasteiger partial charge in [0.15, 0.2) is 5.13 Å². The highest BCUT2D eigenvalue weighted by Gasteiger charge is 2.15. The van der Waals surface area contributed by atoms with E-state index in [9.17, 15) is 14.4 Å². The van der Waals surface area contributed by atoms with Crippen LogP contribution in [-0.4, -0.2) is 34.2 Å². The van der Waals surface area contributed by atoms with Gasteiger partial charge < -0.3 is 14.8 Å². The third kappa shape index (κ3) is 5.07. The Morgan fingerprint density at radius 1 is 1.06 bits per heavy atom. The van der Waals surface area contributed by atoms with Gasteiger partial charge in [0.25, 0.3) is 5.56 Å². The van der Waals surface area contributed by atoms with E-state index >= 15 is 0 Å². The molecular formula is C24H22N4O5S. The first kappa shape index (κ1) is 23.0. The standard InChI is InChI=1S/C24H22N4O5S/c1-32-17-8-9-18(20(12-17)33-2)19-15-34-23(25-19)26-21(29)14-28-22(30)10-11-27(24(28)31)13-16-6-4-3-5-7-16/h3-12,15H,13-14H2,1-2H3,(H,25,26,29). The molecule has 9 nitrogen and oxygen atoms in total. The molecule has 4 aromatic rings. The second-order valence-corrected chi connectivity index (χ2v) is 8.15. The fourth-order valence-electron chi connectivity index (χ4n) is 3.37. The number of rotatable bonds is 8. The Bertz CT molecular complexity index is 1430. The van der Waals surface area contributed by atoms with E-state index in [1.165, 1.54) is 28.2 Å². The van der Waals surface area contributed by atoms with Crippen LogP contribution in [0.2, 0.25) is 0 Å². The Morgan fingerprint density at radius 3 is 2.59 bits per heavy atom. The lowest BCUT2D eigenvalue weighted by atomic mass is 10.1. The maximum absolute atomic E-state index is 12.8. The number of methoxy groups -OCH3 is 2. The Kier molecular flexibility index (Phi) is 6.88. The molecule has 0 aliphatic rings. The van der Waals surface area contributed by atoms with Gasteiger partial charge in [0.1, 0.15) is 18.0 Å². The average molecular weight is 479 g/mol. The first-order chi connectivity index (χ1) is 16.5. The molecule has 0 saturated heterocycles. The Labute approximate surface area is 198 Å². The lowest BCUT2D eigenvalue weighted by Crippen LogP contribution is -2.41. The van der Waals surface area contributed by atoms with Crippen molar-refractivity contribution in [2.75, 3.05) is 19.5 Å². The number of aromatic nitrogens is 3. The predicted octanol–water partition coefficient (Wildman–Crippen LogP) is 2.84. The average Bonchev–Trinajstić information content (AvgIpc) is 3.31. The van der Waals surface area contributed by atoms with Gasteiger partial charge >= 0.3 is 5.69 Å². The Morgan fingerprint density at radius 2 is 1.85 bits per heavy atom. The number of hydrogen-bond donors (Lipinski definition) is 1. The van der Waals surface area contributed by atoms with Crippen molar-refractivity contribution in [2.45, 2.75) is 13.1 Å². The summed E-state index contributed by atoms with van der Waals surface area (Å²) in [7, 11) is 3.12. The third-order valence-electron chi connectivity index (χ3n) is 5.07. The van der Waals surface area contributed by atoms with E-state index in [1.807, 2.05) is 36.4 Å². The maximum Gasteiger partial charge on any atom is 0.331 e. The quantitative estimate of drug-likeness (QED) is 0.418. The van der Waals surface area contributed by atoms with Gasteiger partial charge in [-0.1, -0.05) is 30.3 Å². The van der Waals surface area contributed by atoms with Crippen LogP contribution in [0.3, 0.4) is 0 Å². The van der Waals surface area contributed by atoms with E-state index < -0.39 is 23.7 Å². The number of nitrogens with one attached hydrogen (secondary N) is 1. The number of carbonyl (C=O) groups is 1. The molecule has 0 bridgehead atoms. The zero-order valence-electron chi connectivity index (χ0n) is 18.6. The van der Waals surface area contributed by atoms with Gasteiger partial charge in [-0.05, 0) is 17.7 Å². The predicted molar refractivity (Wildman–Crippen MR) is 130 cm³/mol. The molecule has 2 heterocycles. The molecule has 0 atom stereocenters. The topological polar surface area (TPSA) is 104 Å². The highest BCUT2D eigenvalue weighted by Crippen LogP contribution is 2.34. The lowest BCUT2D eigenvalue weighted by Gasteiger charge is -2.10. The molecule has 0 spiro atoms. The second kappa shape index (κ2) is 10.2. The van der Waals surface area contributed by atoms with Crippen molar-refractivity contribution in [3.05, 3.63) is 92.6 Å². The molecule has 0 fully saturated rings. The number of hydrogen-bond acceptors (Lipinski definition) is 7. The summed E-state index contributed by atoms with van der Waals surface area (Å²) in [4.78, 5) is 42.1. The van der Waals surface area contributed by atoms with Gasteiger partial charge in [-0.25, -0.2) is 9.78 Å². The smallest absolute Gasteiger partial charge is 0.331 e. The first-order valence-corrected chi connectivity index (χ1v) is 11.2. The molecule has 34 heavy (non-hydrogen) atoms. The second-order valence-electron chi connectivity index (χ2n) is 7.29. The SMILES string of the molecule is COc1ccc(-c2csc(NC(=O)Cn3c(=O)ccn(Cc4ccccc4)c3=O)n2)c(OC)c1. The van der Waals surface area contributed by atoms with Crippen LogP contribution in [0.4, 0.5) is 5.13 Å². The summed E-state index contributed by atoms with van der Waals surface area (Å²) in [6.07, 6.45) is 1.43. The van der Waals surface area contributed by atoms with Crippen LogP contribution < -0.4 is 26.0 Å². The summed E-state index contributed by atoms with van der Waals surface area (Å²) in [5.74, 6) is 0.701. The zero-order chi connectivity index (χ0) is 24.1. The van der Waals surface area contributed by atoms with Crippen LogP contribution in [0.15, 0.2) is 75.8 Å². The Hall–Kier alpha value is -4.18. The van der Waals surface area contributed by atoms with Gasteiger partial charge in [-0.3, -0.25) is 18.7 Å². The van der Waals surface area contributed by atoms with Crippen LogP contribution in [0.1, 0.15) is 5.56 Å². The first-order valence-electron chi connectivity index (χ1n) is 10.3. The van der Waals surface area contributed by atoms with Crippen molar-refractivity contribution in [2.24, 2.45) is 0 Å². The van der Waals surface area contributed by atoms with Crippen LogP contribution in [-0.2, 0) is 17.9 Å². The summed E-state index contributed by atoms with van der Waals surface area (Å²) < 4.78 is 12.9. The molecule has 10 heteroatoms. The number of benzene rings is 2. The number of amides is 1. The maximum atomic E-state index is 12.8. The van der Waals surface area contributed by atoms with E-state index in [1.54, 1.807) is 31.7 Å². The van der Waals surface area contributed by atoms with Gasteiger partial charge in [0.05, 0.1) is 26.5 Å². The number of thiazole rings is 1. The molecule has 0 saturated carbocycles. The minimum atomic E-state index is -0.561. The van der Waals surface area contributed by atoms with Crippen LogP contribution in [0.25, 0.3) is 11.3 Å². The largest absolute Gasteiger partial charge is 0.497 e. The van der Waals surface area contributed by atoms with E-state index in [4.69, 9.17) is 9.47 Å². The molecule has 0 aliphatic heterocycles. The molecule has 1 amide bonds. The van der Waals surface area contributed by atoms with Crippen LogP contribution in [0, 0.1) is 0 Å². The molecule has 4 rings (SSSR count). The summed E-state index contributed by atoms with van der Waals surface area (Å²) >= 11 is 1.23. The molecule has 1 N–H and O–H groups in total. The number of carbonyl (C=O) groups excluding carboxylic acids is 1. The van der Waals surface area contributed by atoms with E-state index in [0.29, 0.717) is 28.9 Å². The molecule has 0 aliphatic carbocycles. The van der Waals surface area contributed by atoms with Crippen molar-refractivity contribution in [3.63, 3.8) is 0 Å². The highest BCUT2D eigenvalue weighted by atomic mass is 32.1. The minimum Gasteiger partial charge on any atom is -0.497 e. The van der Waals surface area contributed by atoms with Gasteiger partial charge in [0.2, 0.25) is 5.91 Å². The summed E-state index contributed by atoms with van der Waals surface area (Å²) in [5, 5.41) is 4.78. The van der Waals surface area contributed by atoms with E-state index in [2.05, 4.69) is 10.3 Å². The van der Waals surface area contributed by atoms with Crippen molar-refractivity contribution < 1.29 is 14.3 Å². The Balaban J connectivity index is 1.50. The molecule has 2 aromatic carbocycles. The van der Waals surface area contributed by atoms with Gasteiger partial charge in [0, 0.05) is 29.3 Å². The number of nitrogens with zero attached hydrogens (tertiary/aromatic N) is 3. The fourth-order valence-corrected chi connectivity index (χ4v) is 4.10. The van der Waals surface area contributed by atoms with Crippen LogP contribution >= 0.6 is 11.3 Å². The van der Waals surface area contributed by atoms with E-state index in [-0.39, 0.29) is 0 Å². The van der Waals surface area contributed by atoms with E-state index in [0.717, 1.165) is 15.7 Å². The number of ether oxygens (including phenoxy) is 2. The zero-order valence-corrected chi connectivity index (χ0v) is 19.4. The fraction of sp³-hybridized carbons (Fsp3) is 0.167. The summed E-state index contributed by atoms with van der Waals surface area (Å²) in [5.41, 5.74) is 1.15. The molecular weight excluding hydrogens is 456 g/mol. The summed E-state index contributed by atoms with van der Waals surface area (Å²) in [6.45, 7) is -0.130. The normalized spacial score (nSPS) is 10.6. The molecule has 174 valence electrons. The van der Waals surface area contributed by atoms with Crippen molar-refractivity contribution >= 4 is 22.4 Å². The molecule has 0 unspecified atom stereocenters. The van der Waals surface area contributed by atoms with Gasteiger partial charge in [-0.2, -0.15) is 0 Å². The third-order valence-corrected chi connectivity index (χ3v) is 5.83. The molecule has 2 aromatic heterocycles. The summed E-state index contributed by atoms with van der Waals surface area (Å²) in [6, 6.07) is 16.0. The lowest BCUT2D eigenvalue weighted by molar-refractivity contribution is -0.116. The monoisotopic (exact) mass is 478 g/mol. The van der Waals surface area contributed by atoms with Crippen molar-refractivity contribution in [3.8, 4) is 22.8 Å².